The monoisotopic (exact) mass is 278 g/mol. The minimum Gasteiger partial charge on any atom is -0.393 e. The van der Waals surface area contributed by atoms with Gasteiger partial charge >= 0.3 is 0 Å². The van der Waals surface area contributed by atoms with Crippen LogP contribution in [0.1, 0.15) is 51.3 Å². The fraction of sp³-hybridized carbons (Fsp3) is 0.733. The fourth-order valence-electron chi connectivity index (χ4n) is 2.60. The number of hydrogen-bond donors (Lipinski definition) is 3. The maximum Gasteiger partial charge on any atom is 0.135 e. The summed E-state index contributed by atoms with van der Waals surface area (Å²) in [6, 6.07) is 1.92. The molecule has 5 heteroatoms. The van der Waals surface area contributed by atoms with Gasteiger partial charge in [0.1, 0.15) is 17.5 Å². The SMILES string of the molecule is CNc1cc(NCC2CCCCC2O)nc(C(C)C)n1. The second-order valence-electron chi connectivity index (χ2n) is 5.89. The molecular weight excluding hydrogens is 252 g/mol. The van der Waals surface area contributed by atoms with E-state index in [1.807, 2.05) is 13.1 Å². The first-order valence-electron chi connectivity index (χ1n) is 7.58. The second-order valence-corrected chi connectivity index (χ2v) is 5.89. The molecule has 3 N–H and O–H groups in total. The molecular formula is C15H26N4O. The van der Waals surface area contributed by atoms with Crippen molar-refractivity contribution in [2.75, 3.05) is 24.2 Å². The Morgan fingerprint density at radius 1 is 1.25 bits per heavy atom. The lowest BCUT2D eigenvalue weighted by Gasteiger charge is -2.27. The van der Waals surface area contributed by atoms with Crippen LogP contribution >= 0.6 is 0 Å². The quantitative estimate of drug-likeness (QED) is 0.772. The van der Waals surface area contributed by atoms with Crippen LogP contribution in [0.25, 0.3) is 0 Å². The van der Waals surface area contributed by atoms with Crippen LogP contribution in [0.4, 0.5) is 11.6 Å². The summed E-state index contributed by atoms with van der Waals surface area (Å²) in [5, 5.41) is 16.4. The molecule has 1 aliphatic carbocycles. The lowest BCUT2D eigenvalue weighted by molar-refractivity contribution is 0.0763. The van der Waals surface area contributed by atoms with Crippen molar-refractivity contribution in [3.8, 4) is 0 Å². The summed E-state index contributed by atoms with van der Waals surface area (Å²) >= 11 is 0. The van der Waals surface area contributed by atoms with Gasteiger partial charge in [-0.25, -0.2) is 9.97 Å². The first-order chi connectivity index (χ1) is 9.60. The molecule has 2 atom stereocenters. The molecule has 1 aliphatic rings. The average molecular weight is 278 g/mol. The van der Waals surface area contributed by atoms with Gasteiger partial charge in [-0.15, -0.1) is 0 Å². The van der Waals surface area contributed by atoms with Gasteiger partial charge in [-0.1, -0.05) is 26.7 Å². The van der Waals surface area contributed by atoms with E-state index < -0.39 is 0 Å². The summed E-state index contributed by atoms with van der Waals surface area (Å²) in [5.41, 5.74) is 0. The number of aliphatic hydroxyl groups excluding tert-OH is 1. The Hall–Kier alpha value is -1.36. The predicted molar refractivity (Wildman–Crippen MR) is 82.1 cm³/mol. The standard InChI is InChI=1S/C15H26N4O/c1-10(2)15-18-13(16-3)8-14(19-15)17-9-11-6-4-5-7-12(11)20/h8,10-12,20H,4-7,9H2,1-3H3,(H2,16,17,18,19). The highest BCUT2D eigenvalue weighted by Crippen LogP contribution is 2.25. The second kappa shape index (κ2) is 6.88. The summed E-state index contributed by atoms with van der Waals surface area (Å²) < 4.78 is 0. The minimum absolute atomic E-state index is 0.175. The Morgan fingerprint density at radius 3 is 2.60 bits per heavy atom. The van der Waals surface area contributed by atoms with Gasteiger partial charge in [0.2, 0.25) is 0 Å². The molecule has 0 radical (unpaired) electrons. The van der Waals surface area contributed by atoms with Crippen LogP contribution < -0.4 is 10.6 Å². The first-order valence-corrected chi connectivity index (χ1v) is 7.58. The molecule has 0 spiro atoms. The zero-order chi connectivity index (χ0) is 14.5. The molecule has 0 amide bonds. The van der Waals surface area contributed by atoms with E-state index in [2.05, 4.69) is 34.4 Å². The number of rotatable bonds is 5. The van der Waals surface area contributed by atoms with Gasteiger partial charge in [-0.2, -0.15) is 0 Å². The van der Waals surface area contributed by atoms with Crippen LogP contribution in [0.15, 0.2) is 6.07 Å². The molecule has 1 heterocycles. The van der Waals surface area contributed by atoms with Gasteiger partial charge in [0, 0.05) is 31.5 Å². The van der Waals surface area contributed by atoms with Crippen molar-refractivity contribution in [2.24, 2.45) is 5.92 Å². The zero-order valence-corrected chi connectivity index (χ0v) is 12.7. The highest BCUT2D eigenvalue weighted by molar-refractivity contribution is 5.47. The number of nitrogens with zero attached hydrogens (tertiary/aromatic N) is 2. The Morgan fingerprint density at radius 2 is 1.95 bits per heavy atom. The van der Waals surface area contributed by atoms with Crippen molar-refractivity contribution in [1.29, 1.82) is 0 Å². The highest BCUT2D eigenvalue weighted by Gasteiger charge is 2.22. The van der Waals surface area contributed by atoms with E-state index in [4.69, 9.17) is 0 Å². The summed E-state index contributed by atoms with van der Waals surface area (Å²) in [4.78, 5) is 9.00. The van der Waals surface area contributed by atoms with Crippen molar-refractivity contribution in [3.05, 3.63) is 11.9 Å². The van der Waals surface area contributed by atoms with Crippen molar-refractivity contribution >= 4 is 11.6 Å². The van der Waals surface area contributed by atoms with E-state index in [0.29, 0.717) is 11.8 Å². The summed E-state index contributed by atoms with van der Waals surface area (Å²) in [5.74, 6) is 3.13. The maximum atomic E-state index is 10.0. The molecule has 0 bridgehead atoms. The topological polar surface area (TPSA) is 70.1 Å². The molecule has 5 nitrogen and oxygen atoms in total. The number of anilines is 2. The van der Waals surface area contributed by atoms with Gasteiger partial charge in [-0.3, -0.25) is 0 Å². The first kappa shape index (κ1) is 15.0. The smallest absolute Gasteiger partial charge is 0.135 e. The van der Waals surface area contributed by atoms with Crippen LogP contribution in [0.5, 0.6) is 0 Å². The van der Waals surface area contributed by atoms with Crippen LogP contribution in [0.2, 0.25) is 0 Å². The zero-order valence-electron chi connectivity index (χ0n) is 12.7. The van der Waals surface area contributed by atoms with Crippen molar-refractivity contribution in [3.63, 3.8) is 0 Å². The lowest BCUT2D eigenvalue weighted by atomic mass is 9.86. The van der Waals surface area contributed by atoms with E-state index in [1.54, 1.807) is 0 Å². The molecule has 2 unspecified atom stereocenters. The van der Waals surface area contributed by atoms with E-state index in [-0.39, 0.29) is 6.10 Å². The van der Waals surface area contributed by atoms with Crippen LogP contribution in [0.3, 0.4) is 0 Å². The molecule has 0 aromatic carbocycles. The molecule has 20 heavy (non-hydrogen) atoms. The third kappa shape index (κ3) is 3.82. The number of aromatic nitrogens is 2. The van der Waals surface area contributed by atoms with Crippen LogP contribution in [-0.2, 0) is 0 Å². The summed E-state index contributed by atoms with van der Waals surface area (Å²) in [6.45, 7) is 4.95. The normalized spacial score (nSPS) is 22.9. The van der Waals surface area contributed by atoms with Crippen molar-refractivity contribution in [1.82, 2.24) is 9.97 Å². The van der Waals surface area contributed by atoms with E-state index in [1.165, 1.54) is 6.42 Å². The molecule has 0 saturated heterocycles. The minimum atomic E-state index is -0.175. The van der Waals surface area contributed by atoms with Gasteiger partial charge in [0.05, 0.1) is 6.10 Å². The third-order valence-corrected chi connectivity index (χ3v) is 3.93. The molecule has 2 rings (SSSR count). The summed E-state index contributed by atoms with van der Waals surface area (Å²) in [6.07, 6.45) is 4.20. The lowest BCUT2D eigenvalue weighted by Crippen LogP contribution is -2.30. The molecule has 1 aromatic rings. The molecule has 1 fully saturated rings. The van der Waals surface area contributed by atoms with Gasteiger partial charge in [0.25, 0.3) is 0 Å². The maximum absolute atomic E-state index is 10.0. The summed E-state index contributed by atoms with van der Waals surface area (Å²) in [7, 11) is 1.86. The van der Waals surface area contributed by atoms with Crippen LogP contribution in [0, 0.1) is 5.92 Å². The molecule has 1 aromatic heterocycles. The number of aliphatic hydroxyl groups is 1. The number of nitrogens with one attached hydrogen (secondary N) is 2. The Labute approximate surface area is 121 Å². The van der Waals surface area contributed by atoms with Gasteiger partial charge in [-0.05, 0) is 12.8 Å². The van der Waals surface area contributed by atoms with E-state index >= 15 is 0 Å². The van der Waals surface area contributed by atoms with Crippen molar-refractivity contribution < 1.29 is 5.11 Å². The predicted octanol–water partition coefficient (Wildman–Crippen LogP) is 2.60. The molecule has 0 aliphatic heterocycles. The van der Waals surface area contributed by atoms with E-state index in [9.17, 15) is 5.11 Å². The Balaban J connectivity index is 2.02. The van der Waals surface area contributed by atoms with E-state index in [0.717, 1.165) is 43.3 Å². The average Bonchev–Trinajstić information content (AvgIpc) is 2.46. The Bertz CT molecular complexity index is 436. The fourth-order valence-corrected chi connectivity index (χ4v) is 2.60. The Kier molecular flexibility index (Phi) is 5.17. The molecule has 112 valence electrons. The van der Waals surface area contributed by atoms with Gasteiger partial charge in [0.15, 0.2) is 0 Å². The van der Waals surface area contributed by atoms with Crippen LogP contribution in [-0.4, -0.2) is 34.8 Å². The van der Waals surface area contributed by atoms with Crippen molar-refractivity contribution in [2.45, 2.75) is 51.6 Å². The number of hydrogen-bond acceptors (Lipinski definition) is 5. The largest absolute Gasteiger partial charge is 0.393 e. The highest BCUT2D eigenvalue weighted by atomic mass is 16.3. The molecule has 1 saturated carbocycles. The van der Waals surface area contributed by atoms with Gasteiger partial charge < -0.3 is 15.7 Å². The third-order valence-electron chi connectivity index (χ3n) is 3.93.